The second-order valence-electron chi connectivity index (χ2n) is 10.00. The summed E-state index contributed by atoms with van der Waals surface area (Å²) in [5, 5.41) is 0. The molecule has 0 heterocycles. The van der Waals surface area contributed by atoms with Crippen molar-refractivity contribution >= 4 is 17.5 Å². The molecule has 0 bridgehead atoms. The fraction of sp³-hybridized carbons (Fsp3) is 0.708. The highest BCUT2D eigenvalue weighted by Gasteiger charge is 2.63. The molecule has 4 heteroatoms. The van der Waals surface area contributed by atoms with Crippen LogP contribution < -0.4 is 0 Å². The fourth-order valence-electron chi connectivity index (χ4n) is 7.32. The minimum Gasteiger partial charge on any atom is -0.463 e. The Labute approximate surface area is 167 Å². The van der Waals surface area contributed by atoms with Gasteiger partial charge in [0.25, 0.3) is 0 Å². The van der Waals surface area contributed by atoms with E-state index < -0.39 is 0 Å². The molecule has 152 valence electrons. The van der Waals surface area contributed by atoms with Crippen LogP contribution >= 0.6 is 0 Å². The lowest BCUT2D eigenvalue weighted by Crippen LogP contribution is -2.52. The Morgan fingerprint density at radius 1 is 1.21 bits per heavy atom. The van der Waals surface area contributed by atoms with Gasteiger partial charge in [-0.2, -0.15) is 0 Å². The van der Waals surface area contributed by atoms with Gasteiger partial charge >= 0.3 is 5.97 Å². The van der Waals surface area contributed by atoms with E-state index in [4.69, 9.17) is 4.74 Å². The van der Waals surface area contributed by atoms with E-state index in [0.29, 0.717) is 24.0 Å². The number of carbonyl (C=O) groups is 3. The van der Waals surface area contributed by atoms with Gasteiger partial charge in [0.2, 0.25) is 0 Å². The van der Waals surface area contributed by atoms with Gasteiger partial charge < -0.3 is 4.74 Å². The van der Waals surface area contributed by atoms with Crippen LogP contribution in [0.1, 0.15) is 66.7 Å². The van der Waals surface area contributed by atoms with E-state index in [9.17, 15) is 14.4 Å². The van der Waals surface area contributed by atoms with Crippen molar-refractivity contribution in [3.05, 3.63) is 23.3 Å². The summed E-state index contributed by atoms with van der Waals surface area (Å²) in [5.74, 6) is 1.39. The van der Waals surface area contributed by atoms with Crippen LogP contribution in [0.3, 0.4) is 0 Å². The van der Waals surface area contributed by atoms with Crippen LogP contribution in [0.25, 0.3) is 0 Å². The summed E-state index contributed by atoms with van der Waals surface area (Å²) in [6, 6.07) is 0. The summed E-state index contributed by atoms with van der Waals surface area (Å²) in [4.78, 5) is 36.7. The van der Waals surface area contributed by atoms with Gasteiger partial charge in [0.05, 0.1) is 0 Å². The van der Waals surface area contributed by atoms with E-state index in [1.807, 2.05) is 13.0 Å². The highest BCUT2D eigenvalue weighted by Crippen LogP contribution is 2.66. The van der Waals surface area contributed by atoms with Crippen molar-refractivity contribution < 1.29 is 19.1 Å². The zero-order valence-corrected chi connectivity index (χ0v) is 17.7. The zero-order chi connectivity index (χ0) is 20.4. The number of hydrogen-bond donors (Lipinski definition) is 0. The first-order valence-electron chi connectivity index (χ1n) is 10.7. The van der Waals surface area contributed by atoms with E-state index in [1.165, 1.54) is 18.1 Å². The maximum Gasteiger partial charge on any atom is 0.302 e. The number of hydrogen-bond acceptors (Lipinski definition) is 4. The lowest BCUT2D eigenvalue weighted by atomic mass is 9.46. The Balaban J connectivity index is 1.73. The highest BCUT2D eigenvalue weighted by molar-refractivity contribution is 6.02. The number of carbonyl (C=O) groups excluding carboxylic acids is 3. The summed E-state index contributed by atoms with van der Waals surface area (Å²) in [5.41, 5.74) is 2.05. The van der Waals surface area contributed by atoms with Crippen molar-refractivity contribution in [1.82, 2.24) is 0 Å². The number of esters is 1. The van der Waals surface area contributed by atoms with Crippen LogP contribution in [0.15, 0.2) is 23.3 Å². The molecular formula is C24H32O4. The van der Waals surface area contributed by atoms with Crippen molar-refractivity contribution in [3.8, 4) is 0 Å². The van der Waals surface area contributed by atoms with E-state index >= 15 is 0 Å². The summed E-state index contributed by atoms with van der Waals surface area (Å²) in [7, 11) is 0. The average Bonchev–Trinajstić information content (AvgIpc) is 2.87. The largest absolute Gasteiger partial charge is 0.463 e. The van der Waals surface area contributed by atoms with Crippen LogP contribution in [-0.2, 0) is 19.1 Å². The summed E-state index contributed by atoms with van der Waals surface area (Å²) >= 11 is 0. The molecule has 0 aliphatic heterocycles. The molecule has 3 fully saturated rings. The smallest absolute Gasteiger partial charge is 0.302 e. The van der Waals surface area contributed by atoms with Gasteiger partial charge in [0.1, 0.15) is 11.9 Å². The van der Waals surface area contributed by atoms with Gasteiger partial charge in [-0.25, -0.2) is 0 Å². The molecule has 4 nitrogen and oxygen atoms in total. The number of rotatable bonds is 2. The van der Waals surface area contributed by atoms with Gasteiger partial charge in [-0.1, -0.05) is 25.0 Å². The van der Waals surface area contributed by atoms with Crippen LogP contribution in [0.4, 0.5) is 0 Å². The van der Waals surface area contributed by atoms with Crippen LogP contribution in [0.2, 0.25) is 0 Å². The predicted octanol–water partition coefficient (Wildman–Crippen LogP) is 4.43. The maximum atomic E-state index is 13.1. The Morgan fingerprint density at radius 3 is 2.61 bits per heavy atom. The van der Waals surface area contributed by atoms with Crippen molar-refractivity contribution in [2.75, 3.05) is 0 Å². The molecule has 0 amide bonds. The molecule has 7 atom stereocenters. The molecule has 28 heavy (non-hydrogen) atoms. The van der Waals surface area contributed by atoms with Gasteiger partial charge in [0, 0.05) is 30.1 Å². The quantitative estimate of drug-likeness (QED) is 0.661. The van der Waals surface area contributed by atoms with Gasteiger partial charge in [0.15, 0.2) is 5.78 Å². The number of fused-ring (bicyclic) bond motifs is 5. The monoisotopic (exact) mass is 384 g/mol. The van der Waals surface area contributed by atoms with E-state index in [1.54, 1.807) is 6.08 Å². The number of Topliss-reactive ketones (excluding diaryl/α,β-unsaturated/α-hetero) is 1. The number of ether oxygens (including phenoxy) is 1. The minimum atomic E-state index is -0.306. The third kappa shape index (κ3) is 2.59. The normalized spacial score (nSPS) is 43.3. The van der Waals surface area contributed by atoms with Crippen molar-refractivity contribution in [3.63, 3.8) is 0 Å². The first-order chi connectivity index (χ1) is 13.1. The third-order valence-electron chi connectivity index (χ3n) is 8.81. The second kappa shape index (κ2) is 6.40. The molecule has 0 saturated heterocycles. The SMILES string of the molecule is CC(=O)O[C@H](C)[C@@H]1CC(=O)[C@@]2(C)CC[C@H]3[C@@H](CCC4=CC(=O)C=C(C)[C@@]43C)[C@H]12. The predicted molar refractivity (Wildman–Crippen MR) is 106 cm³/mol. The molecule has 0 aromatic carbocycles. The molecule has 0 aromatic heterocycles. The first kappa shape index (κ1) is 19.6. The molecular weight excluding hydrogens is 352 g/mol. The fourth-order valence-corrected chi connectivity index (χ4v) is 7.32. The summed E-state index contributed by atoms with van der Waals surface area (Å²) in [6.07, 6.45) is 7.80. The Morgan fingerprint density at radius 2 is 1.93 bits per heavy atom. The lowest BCUT2D eigenvalue weighted by Gasteiger charge is -2.58. The molecule has 0 spiro atoms. The Hall–Kier alpha value is -1.71. The van der Waals surface area contributed by atoms with E-state index in [-0.39, 0.29) is 40.5 Å². The van der Waals surface area contributed by atoms with Crippen LogP contribution in [-0.4, -0.2) is 23.6 Å². The number of ketones is 2. The van der Waals surface area contributed by atoms with Gasteiger partial charge in [-0.3, -0.25) is 14.4 Å². The van der Waals surface area contributed by atoms with E-state index in [2.05, 4.69) is 20.8 Å². The standard InChI is InChI=1S/C24H32O4/c1-13-10-17(26)11-16-6-7-18-20(24(13,16)5)8-9-23(4)21(27)12-19(22(18)23)14(2)28-15(3)25/h10-11,14,18-20,22H,6-9,12H2,1-5H3/t14-,18-,19+,20+,22-,23-,24+/m1/s1. The van der Waals surface area contributed by atoms with Crippen molar-refractivity contribution in [1.29, 1.82) is 0 Å². The van der Waals surface area contributed by atoms with Crippen LogP contribution in [0.5, 0.6) is 0 Å². The molecule has 0 N–H and O–H groups in total. The molecule has 4 aliphatic carbocycles. The van der Waals surface area contributed by atoms with Gasteiger partial charge in [-0.15, -0.1) is 0 Å². The summed E-state index contributed by atoms with van der Waals surface area (Å²) in [6.45, 7) is 9.95. The third-order valence-corrected chi connectivity index (χ3v) is 8.81. The van der Waals surface area contributed by atoms with E-state index in [0.717, 1.165) is 25.7 Å². The first-order valence-corrected chi connectivity index (χ1v) is 10.7. The lowest BCUT2D eigenvalue weighted by molar-refractivity contribution is -0.151. The van der Waals surface area contributed by atoms with Crippen LogP contribution in [0, 0.1) is 34.5 Å². The molecule has 0 aromatic rings. The average molecular weight is 385 g/mol. The molecule has 0 unspecified atom stereocenters. The molecule has 3 saturated carbocycles. The van der Waals surface area contributed by atoms with Crippen molar-refractivity contribution in [2.45, 2.75) is 72.8 Å². The molecule has 4 rings (SSSR count). The molecule has 0 radical (unpaired) electrons. The second-order valence-corrected chi connectivity index (χ2v) is 10.00. The topological polar surface area (TPSA) is 60.4 Å². The Kier molecular flexibility index (Phi) is 4.48. The molecule has 4 aliphatic rings. The van der Waals surface area contributed by atoms with Crippen molar-refractivity contribution in [2.24, 2.45) is 34.5 Å². The maximum absolute atomic E-state index is 13.1. The Bertz CT molecular complexity index is 805. The van der Waals surface area contributed by atoms with Gasteiger partial charge in [-0.05, 0) is 69.4 Å². The highest BCUT2D eigenvalue weighted by atomic mass is 16.5. The zero-order valence-electron chi connectivity index (χ0n) is 17.7. The minimum absolute atomic E-state index is 0.0843. The number of allylic oxidation sites excluding steroid dienone is 4. The summed E-state index contributed by atoms with van der Waals surface area (Å²) < 4.78 is 5.56.